The lowest BCUT2D eigenvalue weighted by Gasteiger charge is -2.04. The third-order valence-corrected chi connectivity index (χ3v) is 6.76. The largest absolute Gasteiger partial charge is 0.397 e. The number of benzene rings is 1. The Hall–Kier alpha value is -2.98. The van der Waals surface area contributed by atoms with Gasteiger partial charge in [-0.25, -0.2) is 4.98 Å². The lowest BCUT2D eigenvalue weighted by molar-refractivity contribution is -0.384. The van der Waals surface area contributed by atoms with Crippen molar-refractivity contribution in [3.8, 4) is 10.7 Å². The summed E-state index contributed by atoms with van der Waals surface area (Å²) in [6.45, 7) is 4.00. The Labute approximate surface area is 174 Å². The molecule has 0 fully saturated rings. The van der Waals surface area contributed by atoms with Gasteiger partial charge in [-0.2, -0.15) is 0 Å². The van der Waals surface area contributed by atoms with Crippen LogP contribution < -0.4 is 5.73 Å². The SMILES string of the molecule is Cc1cc(C)c2c(N)c(-c3nnc(SCc4ccc([N+](=O)[O-])cc4)n3C)sc2n1. The number of non-ortho nitro benzene ring substituents is 1. The van der Waals surface area contributed by atoms with Gasteiger partial charge in [0.2, 0.25) is 0 Å². The fraction of sp³-hybridized carbons (Fsp3) is 0.211. The molecule has 10 heteroatoms. The zero-order valence-corrected chi connectivity index (χ0v) is 17.7. The van der Waals surface area contributed by atoms with E-state index in [1.54, 1.807) is 12.1 Å². The van der Waals surface area contributed by atoms with Gasteiger partial charge in [0.25, 0.3) is 5.69 Å². The molecule has 3 heterocycles. The number of nitro benzene ring substituents is 1. The van der Waals surface area contributed by atoms with E-state index in [4.69, 9.17) is 5.73 Å². The molecule has 8 nitrogen and oxygen atoms in total. The minimum Gasteiger partial charge on any atom is -0.397 e. The van der Waals surface area contributed by atoms with Crippen molar-refractivity contribution in [3.63, 3.8) is 0 Å². The molecule has 0 bridgehead atoms. The number of thiophene rings is 1. The van der Waals surface area contributed by atoms with Gasteiger partial charge < -0.3 is 10.3 Å². The molecule has 4 rings (SSSR count). The number of aryl methyl sites for hydroxylation is 2. The van der Waals surface area contributed by atoms with Gasteiger partial charge in [-0.1, -0.05) is 23.9 Å². The van der Waals surface area contributed by atoms with Crippen LogP contribution in [-0.4, -0.2) is 24.7 Å². The smallest absolute Gasteiger partial charge is 0.269 e. The van der Waals surface area contributed by atoms with Crippen LogP contribution >= 0.6 is 23.1 Å². The van der Waals surface area contributed by atoms with Crippen molar-refractivity contribution in [2.75, 3.05) is 5.73 Å². The predicted molar refractivity (Wildman–Crippen MR) is 116 cm³/mol. The second-order valence-electron chi connectivity index (χ2n) is 6.68. The van der Waals surface area contributed by atoms with E-state index in [0.717, 1.165) is 37.1 Å². The highest BCUT2D eigenvalue weighted by Crippen LogP contribution is 2.41. The van der Waals surface area contributed by atoms with Crippen LogP contribution in [0.25, 0.3) is 20.9 Å². The van der Waals surface area contributed by atoms with Gasteiger partial charge in [0.05, 0.1) is 15.5 Å². The van der Waals surface area contributed by atoms with Crippen molar-refractivity contribution < 1.29 is 4.92 Å². The number of thioether (sulfide) groups is 1. The molecule has 0 amide bonds. The van der Waals surface area contributed by atoms with Crippen LogP contribution in [0.15, 0.2) is 35.5 Å². The Bertz CT molecular complexity index is 1230. The summed E-state index contributed by atoms with van der Waals surface area (Å²) < 4.78 is 1.92. The van der Waals surface area contributed by atoms with Gasteiger partial charge in [-0.05, 0) is 31.0 Å². The molecule has 0 atom stereocenters. The van der Waals surface area contributed by atoms with Gasteiger partial charge >= 0.3 is 0 Å². The summed E-state index contributed by atoms with van der Waals surface area (Å²) >= 11 is 3.03. The van der Waals surface area contributed by atoms with Crippen molar-refractivity contribution >= 4 is 44.7 Å². The Morgan fingerprint density at radius 3 is 2.66 bits per heavy atom. The summed E-state index contributed by atoms with van der Waals surface area (Å²) in [5, 5.41) is 21.1. The van der Waals surface area contributed by atoms with Gasteiger partial charge in [0.15, 0.2) is 11.0 Å². The first-order chi connectivity index (χ1) is 13.8. The van der Waals surface area contributed by atoms with Crippen LogP contribution in [0, 0.1) is 24.0 Å². The maximum Gasteiger partial charge on any atom is 0.269 e. The maximum atomic E-state index is 10.8. The Balaban J connectivity index is 1.60. The third-order valence-electron chi connectivity index (χ3n) is 4.58. The number of nitrogens with two attached hydrogens (primary N) is 1. The van der Waals surface area contributed by atoms with E-state index >= 15 is 0 Å². The van der Waals surface area contributed by atoms with Gasteiger partial charge in [-0.3, -0.25) is 10.1 Å². The van der Waals surface area contributed by atoms with Gasteiger partial charge in [0, 0.05) is 36.0 Å². The second kappa shape index (κ2) is 7.45. The number of rotatable bonds is 5. The number of aromatic nitrogens is 4. The van der Waals surface area contributed by atoms with Gasteiger partial charge in [-0.15, -0.1) is 21.5 Å². The van der Waals surface area contributed by atoms with E-state index in [-0.39, 0.29) is 5.69 Å². The van der Waals surface area contributed by atoms with Crippen molar-refractivity contribution in [2.24, 2.45) is 7.05 Å². The highest BCUT2D eigenvalue weighted by Gasteiger charge is 2.20. The molecule has 0 aliphatic carbocycles. The summed E-state index contributed by atoms with van der Waals surface area (Å²) in [6.07, 6.45) is 0. The minimum absolute atomic E-state index is 0.0825. The Morgan fingerprint density at radius 2 is 1.97 bits per heavy atom. The molecule has 0 aliphatic heterocycles. The molecule has 0 unspecified atom stereocenters. The van der Waals surface area contributed by atoms with Crippen molar-refractivity contribution in [3.05, 3.63) is 57.3 Å². The molecular weight excluding hydrogens is 408 g/mol. The van der Waals surface area contributed by atoms with Crippen LogP contribution in [0.3, 0.4) is 0 Å². The summed E-state index contributed by atoms with van der Waals surface area (Å²) in [5.74, 6) is 1.33. The van der Waals surface area contributed by atoms with Crippen molar-refractivity contribution in [2.45, 2.75) is 24.8 Å². The molecule has 1 aromatic carbocycles. The molecule has 29 heavy (non-hydrogen) atoms. The number of fused-ring (bicyclic) bond motifs is 1. The Morgan fingerprint density at radius 1 is 1.24 bits per heavy atom. The van der Waals surface area contributed by atoms with Crippen molar-refractivity contribution in [1.82, 2.24) is 19.7 Å². The van der Waals surface area contributed by atoms with Crippen LogP contribution in [0.5, 0.6) is 0 Å². The lowest BCUT2D eigenvalue weighted by Crippen LogP contribution is -1.96. The molecule has 148 valence electrons. The monoisotopic (exact) mass is 426 g/mol. The molecular formula is C19H18N6O2S2. The summed E-state index contributed by atoms with van der Waals surface area (Å²) in [5.41, 5.74) is 10.2. The van der Waals surface area contributed by atoms with Crippen LogP contribution in [0.1, 0.15) is 16.8 Å². The van der Waals surface area contributed by atoms with E-state index in [9.17, 15) is 10.1 Å². The molecule has 3 aromatic heterocycles. The van der Waals surface area contributed by atoms with E-state index in [0.29, 0.717) is 17.3 Å². The average Bonchev–Trinajstić information content (AvgIpc) is 3.20. The topological polar surface area (TPSA) is 113 Å². The normalized spacial score (nSPS) is 11.3. The number of pyridine rings is 1. The zero-order valence-electron chi connectivity index (χ0n) is 16.0. The number of hydrogen-bond acceptors (Lipinski definition) is 8. The standard InChI is InChI=1S/C19H18N6O2S2/c1-10-8-11(2)21-18-14(10)15(20)16(29-18)17-22-23-19(24(17)3)28-9-12-4-6-13(7-5-12)25(26)27/h4-8H,9,20H2,1-3H3. The van der Waals surface area contributed by atoms with Crippen LogP contribution in [0.2, 0.25) is 0 Å². The molecule has 0 saturated carbocycles. The third kappa shape index (κ3) is 3.56. The number of nitro groups is 1. The maximum absolute atomic E-state index is 10.8. The zero-order chi connectivity index (χ0) is 20.7. The lowest BCUT2D eigenvalue weighted by atomic mass is 10.1. The second-order valence-corrected chi connectivity index (χ2v) is 8.62. The highest BCUT2D eigenvalue weighted by molar-refractivity contribution is 7.98. The molecule has 0 radical (unpaired) electrons. The fourth-order valence-electron chi connectivity index (χ4n) is 3.14. The fourth-order valence-corrected chi connectivity index (χ4v) is 5.24. The first kappa shape index (κ1) is 19.3. The van der Waals surface area contributed by atoms with Gasteiger partial charge in [0.1, 0.15) is 4.83 Å². The summed E-state index contributed by atoms with van der Waals surface area (Å²) in [6, 6.07) is 8.55. The van der Waals surface area contributed by atoms with Crippen LogP contribution in [-0.2, 0) is 12.8 Å². The van der Waals surface area contributed by atoms with E-state index in [2.05, 4.69) is 15.2 Å². The first-order valence-corrected chi connectivity index (χ1v) is 10.6. The summed E-state index contributed by atoms with van der Waals surface area (Å²) in [7, 11) is 1.91. The Kier molecular flexibility index (Phi) is 4.97. The van der Waals surface area contributed by atoms with E-state index in [1.165, 1.54) is 35.2 Å². The molecule has 0 spiro atoms. The minimum atomic E-state index is -0.403. The van der Waals surface area contributed by atoms with Crippen LogP contribution in [0.4, 0.5) is 11.4 Å². The predicted octanol–water partition coefficient (Wildman–Crippen LogP) is 4.49. The number of anilines is 1. The summed E-state index contributed by atoms with van der Waals surface area (Å²) in [4.78, 5) is 16.7. The quantitative estimate of drug-likeness (QED) is 0.284. The molecule has 4 aromatic rings. The molecule has 0 aliphatic rings. The number of nitrogens with zero attached hydrogens (tertiary/aromatic N) is 5. The average molecular weight is 427 g/mol. The highest BCUT2D eigenvalue weighted by atomic mass is 32.2. The number of nitrogen functional groups attached to an aromatic ring is 1. The number of hydrogen-bond donors (Lipinski definition) is 1. The van der Waals surface area contributed by atoms with E-state index in [1.807, 2.05) is 31.5 Å². The van der Waals surface area contributed by atoms with Crippen molar-refractivity contribution in [1.29, 1.82) is 0 Å². The molecule has 2 N–H and O–H groups in total. The first-order valence-electron chi connectivity index (χ1n) is 8.77. The van der Waals surface area contributed by atoms with E-state index < -0.39 is 4.92 Å². The molecule has 0 saturated heterocycles.